The van der Waals surface area contributed by atoms with Crippen LogP contribution in [0.2, 0.25) is 0 Å². The summed E-state index contributed by atoms with van der Waals surface area (Å²) in [5, 5.41) is 4.82. The molecule has 0 bridgehead atoms. The highest BCUT2D eigenvalue weighted by atomic mass is 16.1. The molecular weight excluding hydrogens is 302 g/mol. The summed E-state index contributed by atoms with van der Waals surface area (Å²) in [5.41, 5.74) is 1.32. The monoisotopic (exact) mass is 321 g/mol. The minimum Gasteiger partial charge on any atom is -0.350 e. The van der Waals surface area contributed by atoms with Crippen LogP contribution >= 0.6 is 0 Å². The molecule has 5 nitrogen and oxygen atoms in total. The molecule has 0 aliphatic carbocycles. The molecule has 0 atom stereocenters. The van der Waals surface area contributed by atoms with Gasteiger partial charge in [-0.2, -0.15) is 0 Å². The third-order valence-electron chi connectivity index (χ3n) is 3.97. The number of aryl methyl sites for hydroxylation is 1. The van der Waals surface area contributed by atoms with E-state index in [-0.39, 0.29) is 11.5 Å². The van der Waals surface area contributed by atoms with Gasteiger partial charge in [0.05, 0.1) is 6.33 Å². The largest absolute Gasteiger partial charge is 0.350 e. The third-order valence-corrected chi connectivity index (χ3v) is 3.97. The molecule has 0 saturated heterocycles. The molecule has 24 heavy (non-hydrogen) atoms. The van der Waals surface area contributed by atoms with Crippen molar-refractivity contribution in [3.63, 3.8) is 0 Å². The van der Waals surface area contributed by atoms with Gasteiger partial charge in [-0.1, -0.05) is 43.3 Å². The number of benzene rings is 2. The molecule has 0 saturated carbocycles. The van der Waals surface area contributed by atoms with Crippen LogP contribution < -0.4 is 10.9 Å². The van der Waals surface area contributed by atoms with Crippen LogP contribution in [0, 0.1) is 0 Å². The van der Waals surface area contributed by atoms with E-state index in [2.05, 4.69) is 10.3 Å². The number of nitrogens with one attached hydrogen (secondary N) is 1. The average molecular weight is 321 g/mol. The molecule has 122 valence electrons. The molecular formula is C19H19N3O2. The molecule has 0 unspecified atom stereocenters. The Morgan fingerprint density at radius 1 is 1.17 bits per heavy atom. The highest BCUT2D eigenvalue weighted by Crippen LogP contribution is 2.18. The Hall–Kier alpha value is -2.95. The first kappa shape index (κ1) is 15.9. The molecule has 5 heteroatoms. The molecule has 0 radical (unpaired) electrons. The Morgan fingerprint density at radius 3 is 2.75 bits per heavy atom. The summed E-state index contributed by atoms with van der Waals surface area (Å²) in [6, 6.07) is 15.0. The summed E-state index contributed by atoms with van der Waals surface area (Å²) in [7, 11) is 0. The fraction of sp³-hybridized carbons (Fsp3) is 0.211. The summed E-state index contributed by atoms with van der Waals surface area (Å²) >= 11 is 0. The van der Waals surface area contributed by atoms with Crippen molar-refractivity contribution in [2.24, 2.45) is 0 Å². The minimum atomic E-state index is -0.141. The SMILES string of the molecule is CCc1cc(=O)n(CCNC(=O)c2cccc3ccccc23)cn1. The molecule has 0 aliphatic heterocycles. The number of fused-ring (bicyclic) bond motifs is 1. The number of hydrogen-bond acceptors (Lipinski definition) is 3. The molecule has 2 aromatic carbocycles. The van der Waals surface area contributed by atoms with E-state index in [0.29, 0.717) is 18.7 Å². The Labute approximate surface area is 140 Å². The normalized spacial score (nSPS) is 10.7. The van der Waals surface area contributed by atoms with Crippen LogP contribution in [0.25, 0.3) is 10.8 Å². The van der Waals surface area contributed by atoms with Crippen LogP contribution in [0.15, 0.2) is 59.7 Å². The van der Waals surface area contributed by atoms with E-state index in [1.807, 2.05) is 43.3 Å². The van der Waals surface area contributed by atoms with E-state index in [0.717, 1.165) is 22.9 Å². The number of amides is 1. The number of carbonyl (C=O) groups excluding carboxylic acids is 1. The molecule has 0 aliphatic rings. The Bertz CT molecular complexity index is 926. The van der Waals surface area contributed by atoms with Gasteiger partial charge < -0.3 is 5.32 Å². The number of nitrogens with zero attached hydrogens (tertiary/aromatic N) is 2. The first-order chi connectivity index (χ1) is 11.7. The molecule has 0 fully saturated rings. The van der Waals surface area contributed by atoms with Gasteiger partial charge in [0.15, 0.2) is 0 Å². The summed E-state index contributed by atoms with van der Waals surface area (Å²) in [4.78, 5) is 28.6. The molecule has 1 amide bonds. The average Bonchev–Trinajstić information content (AvgIpc) is 2.62. The second-order valence-corrected chi connectivity index (χ2v) is 5.55. The van der Waals surface area contributed by atoms with Crippen molar-refractivity contribution in [3.8, 4) is 0 Å². The van der Waals surface area contributed by atoms with E-state index >= 15 is 0 Å². The van der Waals surface area contributed by atoms with Crippen LogP contribution in [0.4, 0.5) is 0 Å². The van der Waals surface area contributed by atoms with Gasteiger partial charge in [-0.15, -0.1) is 0 Å². The van der Waals surface area contributed by atoms with Gasteiger partial charge in [-0.25, -0.2) is 4.98 Å². The van der Waals surface area contributed by atoms with Crippen LogP contribution in [0.1, 0.15) is 23.0 Å². The molecule has 1 aromatic heterocycles. The predicted molar refractivity (Wildman–Crippen MR) is 94.2 cm³/mol. The minimum absolute atomic E-state index is 0.0961. The third kappa shape index (κ3) is 3.35. The summed E-state index contributed by atoms with van der Waals surface area (Å²) in [6.07, 6.45) is 2.26. The summed E-state index contributed by atoms with van der Waals surface area (Å²) in [6.45, 7) is 2.72. The van der Waals surface area contributed by atoms with Crippen molar-refractivity contribution in [3.05, 3.63) is 76.5 Å². The van der Waals surface area contributed by atoms with Crippen molar-refractivity contribution < 1.29 is 4.79 Å². The maximum Gasteiger partial charge on any atom is 0.253 e. The van der Waals surface area contributed by atoms with Crippen LogP contribution in [-0.4, -0.2) is 22.0 Å². The van der Waals surface area contributed by atoms with Gasteiger partial charge in [0.1, 0.15) is 0 Å². The maximum absolute atomic E-state index is 12.4. The van der Waals surface area contributed by atoms with Gasteiger partial charge in [0, 0.05) is 30.4 Å². The maximum atomic E-state index is 12.4. The Kier molecular flexibility index (Phi) is 4.70. The Morgan fingerprint density at radius 2 is 1.96 bits per heavy atom. The zero-order valence-corrected chi connectivity index (χ0v) is 13.5. The number of rotatable bonds is 5. The molecule has 0 spiro atoms. The van der Waals surface area contributed by atoms with Crippen LogP contribution in [-0.2, 0) is 13.0 Å². The van der Waals surface area contributed by atoms with Gasteiger partial charge in [-0.3, -0.25) is 14.2 Å². The zero-order chi connectivity index (χ0) is 16.9. The van der Waals surface area contributed by atoms with Gasteiger partial charge in [-0.05, 0) is 23.3 Å². The standard InChI is InChI=1S/C19H19N3O2/c1-2-15-12-18(23)22(13-21-15)11-10-20-19(24)17-9-5-7-14-6-3-4-8-16(14)17/h3-9,12-13H,2,10-11H2,1H3,(H,20,24). The summed E-state index contributed by atoms with van der Waals surface area (Å²) < 4.78 is 1.50. The van der Waals surface area contributed by atoms with Gasteiger partial charge >= 0.3 is 0 Å². The fourth-order valence-electron chi connectivity index (χ4n) is 2.63. The van der Waals surface area contributed by atoms with E-state index < -0.39 is 0 Å². The lowest BCUT2D eigenvalue weighted by Gasteiger charge is -2.09. The summed E-state index contributed by atoms with van der Waals surface area (Å²) in [5.74, 6) is -0.141. The number of hydrogen-bond donors (Lipinski definition) is 1. The van der Waals surface area contributed by atoms with Gasteiger partial charge in [0.25, 0.3) is 11.5 Å². The molecule has 1 heterocycles. The van der Waals surface area contributed by atoms with Gasteiger partial charge in [0.2, 0.25) is 0 Å². The zero-order valence-electron chi connectivity index (χ0n) is 13.5. The smallest absolute Gasteiger partial charge is 0.253 e. The molecule has 1 N–H and O–H groups in total. The molecule has 3 rings (SSSR count). The molecule has 3 aromatic rings. The van der Waals surface area contributed by atoms with Crippen LogP contribution in [0.3, 0.4) is 0 Å². The van der Waals surface area contributed by atoms with Crippen molar-refractivity contribution in [2.75, 3.05) is 6.54 Å². The topological polar surface area (TPSA) is 64.0 Å². The first-order valence-electron chi connectivity index (χ1n) is 8.00. The fourth-order valence-corrected chi connectivity index (χ4v) is 2.63. The first-order valence-corrected chi connectivity index (χ1v) is 8.00. The number of carbonyl (C=O) groups is 1. The highest BCUT2D eigenvalue weighted by Gasteiger charge is 2.09. The van der Waals surface area contributed by atoms with E-state index in [4.69, 9.17) is 0 Å². The van der Waals surface area contributed by atoms with E-state index in [1.165, 1.54) is 17.0 Å². The van der Waals surface area contributed by atoms with E-state index in [9.17, 15) is 9.59 Å². The second-order valence-electron chi connectivity index (χ2n) is 5.55. The predicted octanol–water partition coefficient (Wildman–Crippen LogP) is 2.39. The van der Waals surface area contributed by atoms with Crippen molar-refractivity contribution in [1.29, 1.82) is 0 Å². The van der Waals surface area contributed by atoms with Crippen molar-refractivity contribution >= 4 is 16.7 Å². The van der Waals surface area contributed by atoms with E-state index in [1.54, 1.807) is 6.07 Å². The van der Waals surface area contributed by atoms with Crippen LogP contribution in [0.5, 0.6) is 0 Å². The quantitative estimate of drug-likeness (QED) is 0.785. The van der Waals surface area contributed by atoms with Crippen molar-refractivity contribution in [2.45, 2.75) is 19.9 Å². The lowest BCUT2D eigenvalue weighted by Crippen LogP contribution is -2.31. The second kappa shape index (κ2) is 7.08. The highest BCUT2D eigenvalue weighted by molar-refractivity contribution is 6.06. The lowest BCUT2D eigenvalue weighted by atomic mass is 10.0. The Balaban J connectivity index is 1.68. The number of aromatic nitrogens is 2. The van der Waals surface area contributed by atoms with Crippen molar-refractivity contribution in [1.82, 2.24) is 14.9 Å². The lowest BCUT2D eigenvalue weighted by molar-refractivity contribution is 0.0954.